The van der Waals surface area contributed by atoms with Gasteiger partial charge < -0.3 is 10.1 Å². The number of nitrogens with one attached hydrogen (secondary N) is 1. The molecule has 2 aromatic heterocycles. The summed E-state index contributed by atoms with van der Waals surface area (Å²) in [5.41, 5.74) is 2.75. The number of rotatable bonds is 1. The van der Waals surface area contributed by atoms with Gasteiger partial charge in [0, 0.05) is 28.5 Å². The molecule has 0 radical (unpaired) electrons. The number of aromatic nitrogens is 2. The second-order valence-corrected chi connectivity index (χ2v) is 5.08. The van der Waals surface area contributed by atoms with Crippen LogP contribution in [0, 0.1) is 6.92 Å². The molecule has 0 saturated carbocycles. The number of carbonyl (C=O) groups excluding carboxylic acids is 1. The van der Waals surface area contributed by atoms with E-state index in [1.54, 1.807) is 18.5 Å². The van der Waals surface area contributed by atoms with Gasteiger partial charge in [-0.25, -0.2) is 4.99 Å². The van der Waals surface area contributed by atoms with E-state index in [9.17, 15) is 9.90 Å². The average molecular weight is 277 g/mol. The fourth-order valence-electron chi connectivity index (χ4n) is 2.75. The van der Waals surface area contributed by atoms with Gasteiger partial charge in [0.15, 0.2) is 5.88 Å². The molecule has 0 unspecified atom stereocenters. The van der Waals surface area contributed by atoms with Crippen molar-refractivity contribution in [1.29, 1.82) is 0 Å². The fraction of sp³-hybridized carbons (Fsp3) is 0.0625. The summed E-state index contributed by atoms with van der Waals surface area (Å²) < 4.78 is 0. The molecule has 0 spiro atoms. The minimum Gasteiger partial charge on any atom is -0.494 e. The lowest BCUT2D eigenvalue weighted by Crippen LogP contribution is -2.23. The number of nitrogens with zero attached hydrogens (tertiary/aromatic N) is 2. The summed E-state index contributed by atoms with van der Waals surface area (Å²) in [7, 11) is 0. The van der Waals surface area contributed by atoms with E-state index in [1.807, 2.05) is 25.1 Å². The van der Waals surface area contributed by atoms with Crippen LogP contribution in [0.15, 0.2) is 41.7 Å². The molecule has 0 aliphatic carbocycles. The van der Waals surface area contributed by atoms with Crippen LogP contribution in [0.2, 0.25) is 0 Å². The summed E-state index contributed by atoms with van der Waals surface area (Å²) in [4.78, 5) is 23.2. The van der Waals surface area contributed by atoms with E-state index in [4.69, 9.17) is 0 Å². The van der Waals surface area contributed by atoms with Crippen LogP contribution in [0.4, 0.5) is 0 Å². The predicted octanol–water partition coefficient (Wildman–Crippen LogP) is 0.936. The Morgan fingerprint density at radius 2 is 2.10 bits per heavy atom. The molecule has 3 aromatic rings. The van der Waals surface area contributed by atoms with E-state index in [0.29, 0.717) is 21.7 Å². The van der Waals surface area contributed by atoms with Crippen molar-refractivity contribution in [2.24, 2.45) is 4.99 Å². The van der Waals surface area contributed by atoms with Crippen LogP contribution in [0.3, 0.4) is 0 Å². The van der Waals surface area contributed by atoms with Gasteiger partial charge in [-0.1, -0.05) is 12.1 Å². The highest BCUT2D eigenvalue weighted by molar-refractivity contribution is 6.24. The number of amides is 1. The van der Waals surface area contributed by atoms with Crippen LogP contribution in [-0.4, -0.2) is 21.0 Å². The fourth-order valence-corrected chi connectivity index (χ4v) is 2.75. The van der Waals surface area contributed by atoms with Gasteiger partial charge in [-0.05, 0) is 24.6 Å². The Labute approximate surface area is 119 Å². The standard InChI is InChI=1S/C16H11N3O2/c1-8-2-3-9-12(6-8)19-15(20)13(9)14-10-7-17-5-4-11(10)18-16(14)21/h2-7,19-20H,1H3. The lowest BCUT2D eigenvalue weighted by molar-refractivity contribution is -0.112. The van der Waals surface area contributed by atoms with Crippen molar-refractivity contribution in [3.8, 4) is 5.88 Å². The molecule has 0 bridgehead atoms. The molecular formula is C16H11N3O2. The van der Waals surface area contributed by atoms with E-state index in [-0.39, 0.29) is 11.8 Å². The van der Waals surface area contributed by atoms with Gasteiger partial charge in [0.2, 0.25) is 0 Å². The number of aryl methyl sites for hydroxylation is 1. The number of aromatic hydroxyl groups is 1. The number of hydrogen-bond donors (Lipinski definition) is 2. The summed E-state index contributed by atoms with van der Waals surface area (Å²) in [6.07, 6.45) is 3.20. The number of aromatic amines is 1. The van der Waals surface area contributed by atoms with Gasteiger partial charge in [0.25, 0.3) is 5.91 Å². The number of carbonyl (C=O) groups is 1. The Morgan fingerprint density at radius 1 is 1.24 bits per heavy atom. The zero-order chi connectivity index (χ0) is 14.6. The highest BCUT2D eigenvalue weighted by atomic mass is 16.3. The SMILES string of the molecule is Cc1ccc2c(C3=c4cnccc4=NC3=O)c(O)[nH]c2c1. The number of H-pyrrole nitrogens is 1. The van der Waals surface area contributed by atoms with Gasteiger partial charge in [0.1, 0.15) is 0 Å². The molecule has 1 aliphatic rings. The quantitative estimate of drug-likeness (QED) is 0.694. The van der Waals surface area contributed by atoms with E-state index >= 15 is 0 Å². The summed E-state index contributed by atoms with van der Waals surface area (Å²) >= 11 is 0. The summed E-state index contributed by atoms with van der Waals surface area (Å²) in [5.74, 6) is -0.374. The topological polar surface area (TPSA) is 78.3 Å². The van der Waals surface area contributed by atoms with Crippen molar-refractivity contribution in [3.63, 3.8) is 0 Å². The number of fused-ring (bicyclic) bond motifs is 2. The highest BCUT2D eigenvalue weighted by Gasteiger charge is 2.24. The lowest BCUT2D eigenvalue weighted by atomic mass is 10.0. The molecule has 5 nitrogen and oxygen atoms in total. The van der Waals surface area contributed by atoms with E-state index < -0.39 is 0 Å². The molecule has 4 rings (SSSR count). The van der Waals surface area contributed by atoms with Crippen molar-refractivity contribution in [1.82, 2.24) is 9.97 Å². The van der Waals surface area contributed by atoms with E-state index in [0.717, 1.165) is 16.5 Å². The summed E-state index contributed by atoms with van der Waals surface area (Å²) in [6, 6.07) is 7.46. The molecule has 0 saturated heterocycles. The van der Waals surface area contributed by atoms with Crippen molar-refractivity contribution in [2.75, 3.05) is 0 Å². The Hall–Kier alpha value is -2.95. The summed E-state index contributed by atoms with van der Waals surface area (Å²) in [5, 5.41) is 12.3. The maximum Gasteiger partial charge on any atom is 0.279 e. The normalized spacial score (nSPS) is 13.6. The van der Waals surface area contributed by atoms with Crippen LogP contribution in [-0.2, 0) is 4.79 Å². The highest BCUT2D eigenvalue weighted by Crippen LogP contribution is 2.33. The van der Waals surface area contributed by atoms with Crippen LogP contribution < -0.4 is 10.6 Å². The molecule has 21 heavy (non-hydrogen) atoms. The van der Waals surface area contributed by atoms with Crippen LogP contribution in [0.25, 0.3) is 16.5 Å². The second-order valence-electron chi connectivity index (χ2n) is 5.08. The van der Waals surface area contributed by atoms with Crippen LogP contribution in [0.1, 0.15) is 11.1 Å². The zero-order valence-corrected chi connectivity index (χ0v) is 11.2. The molecule has 1 amide bonds. The molecule has 1 aromatic carbocycles. The van der Waals surface area contributed by atoms with Gasteiger partial charge in [-0.2, -0.15) is 0 Å². The first-order valence-electron chi connectivity index (χ1n) is 6.54. The summed E-state index contributed by atoms with van der Waals surface area (Å²) in [6.45, 7) is 1.97. The lowest BCUT2D eigenvalue weighted by Gasteiger charge is -2.00. The van der Waals surface area contributed by atoms with E-state index in [2.05, 4.69) is 15.0 Å². The third-order valence-corrected chi connectivity index (χ3v) is 3.69. The molecule has 1 aliphatic heterocycles. The van der Waals surface area contributed by atoms with Crippen molar-refractivity contribution in [2.45, 2.75) is 6.92 Å². The maximum absolute atomic E-state index is 12.2. The molecule has 2 N–H and O–H groups in total. The second kappa shape index (κ2) is 4.02. The molecule has 0 fully saturated rings. The first-order valence-corrected chi connectivity index (χ1v) is 6.54. The Kier molecular flexibility index (Phi) is 2.27. The first kappa shape index (κ1) is 11.8. The number of benzene rings is 1. The minimum absolute atomic E-state index is 0.0224. The number of pyridine rings is 1. The van der Waals surface area contributed by atoms with Crippen molar-refractivity contribution >= 4 is 22.4 Å². The van der Waals surface area contributed by atoms with Crippen molar-refractivity contribution in [3.05, 3.63) is 58.4 Å². The van der Waals surface area contributed by atoms with Crippen molar-refractivity contribution < 1.29 is 9.90 Å². The van der Waals surface area contributed by atoms with Gasteiger partial charge >= 0.3 is 0 Å². The molecular weight excluding hydrogens is 266 g/mol. The van der Waals surface area contributed by atoms with Gasteiger partial charge in [0.05, 0.1) is 16.5 Å². The Bertz CT molecular complexity index is 1030. The van der Waals surface area contributed by atoms with Crippen LogP contribution in [0.5, 0.6) is 5.88 Å². The third kappa shape index (κ3) is 1.61. The smallest absolute Gasteiger partial charge is 0.279 e. The van der Waals surface area contributed by atoms with Crippen LogP contribution >= 0.6 is 0 Å². The number of hydrogen-bond acceptors (Lipinski definition) is 3. The Morgan fingerprint density at radius 3 is 2.95 bits per heavy atom. The molecule has 0 atom stereocenters. The van der Waals surface area contributed by atoms with E-state index in [1.165, 1.54) is 0 Å². The molecule has 102 valence electrons. The first-order chi connectivity index (χ1) is 10.1. The zero-order valence-electron chi connectivity index (χ0n) is 11.2. The molecule has 3 heterocycles. The average Bonchev–Trinajstić information content (AvgIpc) is 2.93. The monoisotopic (exact) mass is 277 g/mol. The van der Waals surface area contributed by atoms with Gasteiger partial charge in [-0.15, -0.1) is 0 Å². The largest absolute Gasteiger partial charge is 0.494 e. The minimum atomic E-state index is -0.352. The molecule has 5 heteroatoms. The maximum atomic E-state index is 12.2. The Balaban J connectivity index is 2.16. The third-order valence-electron chi connectivity index (χ3n) is 3.69. The predicted molar refractivity (Wildman–Crippen MR) is 77.2 cm³/mol. The van der Waals surface area contributed by atoms with Gasteiger partial charge in [-0.3, -0.25) is 9.78 Å².